The molecule has 1 atom stereocenters. The van der Waals surface area contributed by atoms with Crippen LogP contribution in [0.4, 0.5) is 5.82 Å². The van der Waals surface area contributed by atoms with E-state index < -0.39 is 0 Å². The second-order valence-electron chi connectivity index (χ2n) is 9.09. The van der Waals surface area contributed by atoms with Crippen molar-refractivity contribution in [2.24, 2.45) is 5.92 Å². The van der Waals surface area contributed by atoms with E-state index in [1.165, 1.54) is 48.7 Å². The van der Waals surface area contributed by atoms with Crippen molar-refractivity contribution >= 4 is 22.8 Å². The molecule has 0 spiro atoms. The van der Waals surface area contributed by atoms with Crippen molar-refractivity contribution in [1.82, 2.24) is 24.2 Å². The maximum Gasteiger partial charge on any atom is 0.138 e. The molecule has 0 aromatic carbocycles. The molecular formula is C23H30N6S. The molecule has 6 nitrogen and oxygen atoms in total. The Kier molecular flexibility index (Phi) is 4.97. The number of imidazole rings is 1. The van der Waals surface area contributed by atoms with Gasteiger partial charge in [0.2, 0.25) is 0 Å². The Morgan fingerprint density at radius 3 is 2.77 bits per heavy atom. The highest BCUT2D eigenvalue weighted by atomic mass is 32.1. The number of thiazole rings is 1. The van der Waals surface area contributed by atoms with Crippen molar-refractivity contribution in [1.29, 1.82) is 0 Å². The first-order chi connectivity index (χ1) is 14.8. The third-order valence-electron chi connectivity index (χ3n) is 6.87. The van der Waals surface area contributed by atoms with E-state index in [4.69, 9.17) is 4.98 Å². The summed E-state index contributed by atoms with van der Waals surface area (Å²) in [5, 5.41) is 3.30. The van der Waals surface area contributed by atoms with Crippen LogP contribution in [0.25, 0.3) is 5.65 Å². The summed E-state index contributed by atoms with van der Waals surface area (Å²) in [5.41, 5.74) is 2.31. The fourth-order valence-corrected chi connectivity index (χ4v) is 5.71. The van der Waals surface area contributed by atoms with Crippen molar-refractivity contribution in [3.63, 3.8) is 0 Å². The van der Waals surface area contributed by atoms with Crippen LogP contribution in [0.1, 0.15) is 42.4 Å². The van der Waals surface area contributed by atoms with E-state index >= 15 is 0 Å². The molecule has 1 aliphatic carbocycles. The van der Waals surface area contributed by atoms with Gasteiger partial charge in [-0.05, 0) is 43.7 Å². The van der Waals surface area contributed by atoms with Crippen molar-refractivity contribution in [3.05, 3.63) is 46.7 Å². The number of hydrogen-bond acceptors (Lipinski definition) is 6. The monoisotopic (exact) mass is 422 g/mol. The number of aromatic nitrogens is 3. The SMILES string of the molecule is c1cc(N2CCCC2)n2cc([C@@H]3CN(Cc4nccs4)CCN3CC3CC3)nc2c1. The number of nitrogens with zero attached hydrogens (tertiary/aromatic N) is 6. The first-order valence-corrected chi connectivity index (χ1v) is 12.3. The van der Waals surface area contributed by atoms with E-state index in [9.17, 15) is 0 Å². The number of fused-ring (bicyclic) bond motifs is 1. The van der Waals surface area contributed by atoms with Gasteiger partial charge in [-0.15, -0.1) is 11.3 Å². The molecule has 3 aromatic rings. The number of anilines is 1. The van der Waals surface area contributed by atoms with Gasteiger partial charge in [0.15, 0.2) is 0 Å². The van der Waals surface area contributed by atoms with Gasteiger partial charge in [0, 0.05) is 57.0 Å². The van der Waals surface area contributed by atoms with Crippen LogP contribution in [-0.4, -0.2) is 63.4 Å². The fourth-order valence-electron chi connectivity index (χ4n) is 5.05. The summed E-state index contributed by atoms with van der Waals surface area (Å²) in [6, 6.07) is 6.94. The molecule has 7 heteroatoms. The second-order valence-corrected chi connectivity index (χ2v) is 10.1. The van der Waals surface area contributed by atoms with Gasteiger partial charge in [-0.3, -0.25) is 14.2 Å². The maximum absolute atomic E-state index is 5.13. The molecule has 0 N–H and O–H groups in total. The molecule has 3 aliphatic rings. The summed E-state index contributed by atoms with van der Waals surface area (Å²) in [6.07, 6.45) is 9.62. The maximum atomic E-state index is 5.13. The Morgan fingerprint density at radius 2 is 1.97 bits per heavy atom. The summed E-state index contributed by atoms with van der Waals surface area (Å²) < 4.78 is 2.33. The Bertz CT molecular complexity index is 988. The highest BCUT2D eigenvalue weighted by Crippen LogP contribution is 2.35. The lowest BCUT2D eigenvalue weighted by molar-refractivity contribution is 0.0639. The van der Waals surface area contributed by atoms with E-state index in [0.717, 1.165) is 50.8 Å². The predicted molar refractivity (Wildman–Crippen MR) is 121 cm³/mol. The minimum Gasteiger partial charge on any atom is -0.358 e. The van der Waals surface area contributed by atoms with Crippen LogP contribution in [-0.2, 0) is 6.54 Å². The lowest BCUT2D eigenvalue weighted by Gasteiger charge is -2.40. The first kappa shape index (κ1) is 18.8. The fraction of sp³-hybridized carbons (Fsp3) is 0.565. The third-order valence-corrected chi connectivity index (χ3v) is 7.63. The molecule has 2 saturated heterocycles. The Labute approximate surface area is 182 Å². The number of pyridine rings is 1. The van der Waals surface area contributed by atoms with Crippen LogP contribution in [0.2, 0.25) is 0 Å². The highest BCUT2D eigenvalue weighted by molar-refractivity contribution is 7.09. The molecule has 0 unspecified atom stereocenters. The van der Waals surface area contributed by atoms with Crippen LogP contribution >= 0.6 is 11.3 Å². The van der Waals surface area contributed by atoms with Crippen LogP contribution in [0.15, 0.2) is 36.0 Å². The lowest BCUT2D eigenvalue weighted by atomic mass is 10.1. The molecule has 2 aliphatic heterocycles. The Morgan fingerprint density at radius 1 is 1.07 bits per heavy atom. The Balaban J connectivity index is 1.30. The summed E-state index contributed by atoms with van der Waals surface area (Å²) in [7, 11) is 0. The van der Waals surface area contributed by atoms with Gasteiger partial charge in [-0.25, -0.2) is 9.97 Å². The molecule has 158 valence electrons. The minimum absolute atomic E-state index is 0.366. The van der Waals surface area contributed by atoms with Gasteiger partial charge in [-0.2, -0.15) is 0 Å². The van der Waals surface area contributed by atoms with Crippen molar-refractivity contribution in [2.45, 2.75) is 38.3 Å². The largest absolute Gasteiger partial charge is 0.358 e. The lowest BCUT2D eigenvalue weighted by Crippen LogP contribution is -2.48. The van der Waals surface area contributed by atoms with E-state index in [1.54, 1.807) is 11.3 Å². The minimum atomic E-state index is 0.366. The molecular weight excluding hydrogens is 392 g/mol. The normalized spacial score (nSPS) is 23.6. The van der Waals surface area contributed by atoms with Gasteiger partial charge in [0.05, 0.1) is 18.3 Å². The number of piperazine rings is 1. The number of hydrogen-bond donors (Lipinski definition) is 0. The molecule has 30 heavy (non-hydrogen) atoms. The van der Waals surface area contributed by atoms with Gasteiger partial charge in [0.1, 0.15) is 16.5 Å². The molecule has 5 heterocycles. The summed E-state index contributed by atoms with van der Waals surface area (Å²) >= 11 is 1.76. The summed E-state index contributed by atoms with van der Waals surface area (Å²) in [5.74, 6) is 2.20. The average molecular weight is 423 g/mol. The van der Waals surface area contributed by atoms with Gasteiger partial charge in [-0.1, -0.05) is 6.07 Å². The summed E-state index contributed by atoms with van der Waals surface area (Å²) in [4.78, 5) is 17.4. The Hall–Kier alpha value is -1.96. The molecule has 0 amide bonds. The highest BCUT2D eigenvalue weighted by Gasteiger charge is 2.34. The first-order valence-electron chi connectivity index (χ1n) is 11.4. The van der Waals surface area contributed by atoms with Crippen molar-refractivity contribution in [2.75, 3.05) is 44.2 Å². The van der Waals surface area contributed by atoms with Gasteiger partial charge < -0.3 is 4.90 Å². The molecule has 1 saturated carbocycles. The van der Waals surface area contributed by atoms with Crippen LogP contribution in [0, 0.1) is 5.92 Å². The third kappa shape index (κ3) is 3.74. The zero-order chi connectivity index (χ0) is 19.9. The molecule has 6 rings (SSSR count). The van der Waals surface area contributed by atoms with E-state index in [0.29, 0.717) is 6.04 Å². The van der Waals surface area contributed by atoms with E-state index in [2.05, 4.69) is 53.9 Å². The van der Waals surface area contributed by atoms with Crippen molar-refractivity contribution in [3.8, 4) is 0 Å². The molecule has 3 fully saturated rings. The predicted octanol–water partition coefficient (Wildman–Crippen LogP) is 3.66. The van der Waals surface area contributed by atoms with Crippen LogP contribution in [0.3, 0.4) is 0 Å². The molecule has 0 radical (unpaired) electrons. The van der Waals surface area contributed by atoms with Crippen LogP contribution in [0.5, 0.6) is 0 Å². The second kappa shape index (κ2) is 7.94. The smallest absolute Gasteiger partial charge is 0.138 e. The molecule has 3 aromatic heterocycles. The zero-order valence-corrected chi connectivity index (χ0v) is 18.3. The standard InChI is InChI=1S/C23H30N6S/c1-2-10-27(9-1)23-5-3-4-21-25-19(15-29(21)23)20-16-26(17-22-24-8-13-30-22)11-12-28(20)14-18-6-7-18/h3-5,8,13,15,18,20H,1-2,6-7,9-12,14,16-17H2/t20-/m0/s1. The number of rotatable bonds is 6. The molecule has 0 bridgehead atoms. The van der Waals surface area contributed by atoms with E-state index in [-0.39, 0.29) is 0 Å². The average Bonchev–Trinajstić information content (AvgIpc) is 3.21. The van der Waals surface area contributed by atoms with E-state index in [1.807, 2.05) is 6.20 Å². The van der Waals surface area contributed by atoms with Crippen LogP contribution < -0.4 is 4.90 Å². The van der Waals surface area contributed by atoms with Crippen molar-refractivity contribution < 1.29 is 0 Å². The zero-order valence-electron chi connectivity index (χ0n) is 17.5. The summed E-state index contributed by atoms with van der Waals surface area (Å²) in [6.45, 7) is 7.78. The topological polar surface area (TPSA) is 39.9 Å². The van der Waals surface area contributed by atoms with Gasteiger partial charge in [0.25, 0.3) is 0 Å². The quantitative estimate of drug-likeness (QED) is 0.606. The van der Waals surface area contributed by atoms with Gasteiger partial charge >= 0.3 is 0 Å².